The molecule has 7 heteroatoms. The van der Waals surface area contributed by atoms with E-state index in [-0.39, 0.29) is 5.91 Å². The maximum absolute atomic E-state index is 12.4. The first-order valence-corrected chi connectivity index (χ1v) is 9.22. The summed E-state index contributed by atoms with van der Waals surface area (Å²) >= 11 is 1.33. The summed E-state index contributed by atoms with van der Waals surface area (Å²) in [7, 11) is 0. The summed E-state index contributed by atoms with van der Waals surface area (Å²) in [6.07, 6.45) is 3.35. The van der Waals surface area contributed by atoms with Crippen molar-refractivity contribution in [3.05, 3.63) is 35.3 Å². The molecule has 6 nitrogen and oxygen atoms in total. The van der Waals surface area contributed by atoms with E-state index < -0.39 is 6.09 Å². The van der Waals surface area contributed by atoms with Crippen molar-refractivity contribution in [3.8, 4) is 5.75 Å². The van der Waals surface area contributed by atoms with Crippen LogP contribution < -0.4 is 15.0 Å². The van der Waals surface area contributed by atoms with Crippen LogP contribution in [0.1, 0.15) is 32.3 Å². The first kappa shape index (κ1) is 17.4. The highest BCUT2D eigenvalue weighted by atomic mass is 32.1. The molecule has 25 heavy (non-hydrogen) atoms. The van der Waals surface area contributed by atoms with Crippen LogP contribution in [0, 0.1) is 5.92 Å². The molecule has 0 radical (unpaired) electrons. The molecule has 0 saturated carbocycles. The molecule has 0 saturated heterocycles. The quantitative estimate of drug-likeness (QED) is 0.893. The zero-order valence-electron chi connectivity index (χ0n) is 14.3. The third kappa shape index (κ3) is 4.36. The van der Waals surface area contributed by atoms with E-state index in [1.165, 1.54) is 11.3 Å². The molecule has 3 rings (SSSR count). The lowest BCUT2D eigenvalue weighted by atomic mass is 10.00. The normalized spacial score (nSPS) is 13.5. The molecule has 1 aromatic heterocycles. The van der Waals surface area contributed by atoms with Gasteiger partial charge in [-0.25, -0.2) is 9.78 Å². The van der Waals surface area contributed by atoms with Crippen LogP contribution in [0.15, 0.2) is 29.8 Å². The van der Waals surface area contributed by atoms with Crippen LogP contribution in [0.5, 0.6) is 5.75 Å². The monoisotopic (exact) mass is 359 g/mol. The van der Waals surface area contributed by atoms with E-state index in [1.54, 1.807) is 17.6 Å². The molecule has 0 atom stereocenters. The number of anilines is 2. The lowest BCUT2D eigenvalue weighted by molar-refractivity contribution is -0.119. The van der Waals surface area contributed by atoms with Crippen molar-refractivity contribution in [3.63, 3.8) is 0 Å². The zero-order chi connectivity index (χ0) is 17.8. The van der Waals surface area contributed by atoms with E-state index in [4.69, 9.17) is 4.74 Å². The van der Waals surface area contributed by atoms with Crippen LogP contribution in [-0.2, 0) is 11.2 Å². The summed E-state index contributed by atoms with van der Waals surface area (Å²) in [4.78, 5) is 30.2. The average Bonchev–Trinajstić information content (AvgIpc) is 3.06. The zero-order valence-corrected chi connectivity index (χ0v) is 15.1. The lowest BCUT2D eigenvalue weighted by Gasteiger charge is -2.30. The van der Waals surface area contributed by atoms with Gasteiger partial charge in [0.15, 0.2) is 5.13 Å². The summed E-state index contributed by atoms with van der Waals surface area (Å²) in [5.41, 5.74) is 1.95. The number of thiazole rings is 1. The number of carbonyl (C=O) groups excluding carboxylic acids is 2. The van der Waals surface area contributed by atoms with Crippen LogP contribution in [0.2, 0.25) is 0 Å². The van der Waals surface area contributed by atoms with Gasteiger partial charge in [-0.1, -0.05) is 13.8 Å². The van der Waals surface area contributed by atoms with Crippen LogP contribution in [0.25, 0.3) is 0 Å². The molecule has 0 fully saturated rings. The molecule has 1 aliphatic rings. The van der Waals surface area contributed by atoms with Gasteiger partial charge in [-0.3, -0.25) is 10.1 Å². The molecule has 132 valence electrons. The third-order valence-electron chi connectivity index (χ3n) is 3.91. The van der Waals surface area contributed by atoms with Gasteiger partial charge in [0.25, 0.3) is 0 Å². The number of nitrogens with zero attached hydrogens (tertiary/aromatic N) is 2. The van der Waals surface area contributed by atoms with Crippen molar-refractivity contribution in [2.45, 2.75) is 33.1 Å². The molecule has 0 spiro atoms. The number of rotatable bonds is 4. The number of hydrogen-bond acceptors (Lipinski definition) is 5. The highest BCUT2D eigenvalue weighted by Gasteiger charge is 2.23. The Bertz CT molecular complexity index is 759. The first-order valence-electron chi connectivity index (χ1n) is 8.34. The summed E-state index contributed by atoms with van der Waals surface area (Å²) in [5, 5.41) is 4.85. The predicted molar refractivity (Wildman–Crippen MR) is 98.3 cm³/mol. The highest BCUT2D eigenvalue weighted by Crippen LogP contribution is 2.31. The van der Waals surface area contributed by atoms with Gasteiger partial charge in [0, 0.05) is 30.2 Å². The van der Waals surface area contributed by atoms with Crippen LogP contribution in [0.3, 0.4) is 0 Å². The second kappa shape index (κ2) is 7.65. The van der Waals surface area contributed by atoms with Gasteiger partial charge in [-0.15, -0.1) is 11.3 Å². The predicted octanol–water partition coefficient (Wildman–Crippen LogP) is 4.08. The van der Waals surface area contributed by atoms with Crippen molar-refractivity contribution in [1.29, 1.82) is 0 Å². The lowest BCUT2D eigenvalue weighted by Crippen LogP contribution is -2.36. The molecular weight excluding hydrogens is 338 g/mol. The van der Waals surface area contributed by atoms with Crippen LogP contribution in [0.4, 0.5) is 15.6 Å². The topological polar surface area (TPSA) is 71.5 Å². The minimum Gasteiger partial charge on any atom is -0.410 e. The van der Waals surface area contributed by atoms with Crippen LogP contribution >= 0.6 is 11.3 Å². The van der Waals surface area contributed by atoms with E-state index in [0.717, 1.165) is 30.6 Å². The fraction of sp³-hybridized carbons (Fsp3) is 0.389. The fourth-order valence-corrected chi connectivity index (χ4v) is 3.38. The average molecular weight is 359 g/mol. The third-order valence-corrected chi connectivity index (χ3v) is 4.59. The highest BCUT2D eigenvalue weighted by molar-refractivity contribution is 7.13. The Morgan fingerprint density at radius 1 is 1.40 bits per heavy atom. The van der Waals surface area contributed by atoms with Gasteiger partial charge < -0.3 is 9.64 Å². The largest absolute Gasteiger partial charge is 0.418 e. The maximum atomic E-state index is 12.4. The van der Waals surface area contributed by atoms with Gasteiger partial charge in [0.1, 0.15) is 5.75 Å². The van der Waals surface area contributed by atoms with E-state index in [0.29, 0.717) is 23.2 Å². The Morgan fingerprint density at radius 3 is 2.96 bits per heavy atom. The number of nitrogens with one attached hydrogen (secondary N) is 1. The number of amides is 2. The number of aromatic nitrogens is 1. The van der Waals surface area contributed by atoms with Gasteiger partial charge in [0.05, 0.1) is 0 Å². The van der Waals surface area contributed by atoms with Crippen molar-refractivity contribution in [2.24, 2.45) is 5.92 Å². The van der Waals surface area contributed by atoms with Crippen molar-refractivity contribution < 1.29 is 14.3 Å². The summed E-state index contributed by atoms with van der Waals surface area (Å²) in [5.74, 6) is 0.937. The second-order valence-electron chi connectivity index (χ2n) is 6.39. The minimum absolute atomic E-state index is 0.145. The molecule has 2 aromatic rings. The molecular formula is C18H21N3O3S. The maximum Gasteiger partial charge on any atom is 0.418 e. The Hall–Kier alpha value is -2.41. The molecule has 2 heterocycles. The summed E-state index contributed by atoms with van der Waals surface area (Å²) in [6.45, 7) is 4.82. The number of aryl methyl sites for hydroxylation is 1. The molecule has 0 aliphatic carbocycles. The second-order valence-corrected chi connectivity index (χ2v) is 7.28. The number of ether oxygens (including phenoxy) is 1. The SMILES string of the molecule is CC(C)CC(=O)N1CCCc2cc(OC(=O)Nc3nccs3)ccc21. The Morgan fingerprint density at radius 2 is 2.24 bits per heavy atom. The Balaban J connectivity index is 1.71. The number of carbonyl (C=O) groups is 2. The minimum atomic E-state index is -0.571. The van der Waals surface area contributed by atoms with E-state index in [1.807, 2.05) is 30.9 Å². The van der Waals surface area contributed by atoms with Gasteiger partial charge in [0.2, 0.25) is 5.91 Å². The molecule has 0 unspecified atom stereocenters. The smallest absolute Gasteiger partial charge is 0.410 e. The van der Waals surface area contributed by atoms with E-state index in [2.05, 4.69) is 10.3 Å². The van der Waals surface area contributed by atoms with Crippen molar-refractivity contribution >= 4 is 34.2 Å². The summed E-state index contributed by atoms with van der Waals surface area (Å²) < 4.78 is 5.33. The molecule has 1 aromatic carbocycles. The van der Waals surface area contributed by atoms with E-state index in [9.17, 15) is 9.59 Å². The molecule has 1 N–H and O–H groups in total. The van der Waals surface area contributed by atoms with Crippen LogP contribution in [-0.4, -0.2) is 23.5 Å². The van der Waals surface area contributed by atoms with Gasteiger partial charge in [-0.05, 0) is 42.5 Å². The first-order chi connectivity index (χ1) is 12.0. The van der Waals surface area contributed by atoms with Gasteiger partial charge in [-0.2, -0.15) is 0 Å². The molecule has 1 aliphatic heterocycles. The van der Waals surface area contributed by atoms with Crippen molar-refractivity contribution in [2.75, 3.05) is 16.8 Å². The Kier molecular flexibility index (Phi) is 5.33. The fourth-order valence-electron chi connectivity index (χ4n) is 2.86. The number of fused-ring (bicyclic) bond motifs is 1. The number of hydrogen-bond donors (Lipinski definition) is 1. The molecule has 0 bridgehead atoms. The summed E-state index contributed by atoms with van der Waals surface area (Å²) in [6, 6.07) is 5.42. The Labute approximate surface area is 150 Å². The standard InChI is InChI=1S/C18H21N3O3S/c1-12(2)10-16(22)21-8-3-4-13-11-14(5-6-15(13)21)24-18(23)20-17-19-7-9-25-17/h5-7,9,11-12H,3-4,8,10H2,1-2H3,(H,19,20,23). The van der Waals surface area contributed by atoms with Crippen molar-refractivity contribution in [1.82, 2.24) is 4.98 Å². The number of benzene rings is 1. The van der Waals surface area contributed by atoms with E-state index >= 15 is 0 Å². The van der Waals surface area contributed by atoms with Gasteiger partial charge >= 0.3 is 6.09 Å². The molecule has 2 amide bonds.